The first-order valence-electron chi connectivity index (χ1n) is 7.54. The zero-order valence-corrected chi connectivity index (χ0v) is 12.8. The average molecular weight is 305 g/mol. The maximum absolute atomic E-state index is 12.9. The van der Waals surface area contributed by atoms with Crippen molar-refractivity contribution in [3.05, 3.63) is 47.4 Å². The van der Waals surface area contributed by atoms with Gasteiger partial charge in [-0.2, -0.15) is 4.98 Å². The Kier molecular flexibility index (Phi) is 4.49. The Morgan fingerprint density at radius 1 is 1.32 bits per heavy atom. The fourth-order valence-corrected chi connectivity index (χ4v) is 2.54. The molecule has 1 saturated heterocycles. The summed E-state index contributed by atoms with van der Waals surface area (Å²) in [5.41, 5.74) is 0.935. The van der Waals surface area contributed by atoms with Crippen molar-refractivity contribution >= 4 is 0 Å². The minimum atomic E-state index is -0.251. The molecule has 0 radical (unpaired) electrons. The quantitative estimate of drug-likeness (QED) is 0.869. The standard InChI is InChI=1S/C16H20FN3O2/c1-11(2)20-7-8-21-14(10-20)16-18-15(22-19-16)9-12-3-5-13(17)6-4-12/h3-6,11,14H,7-10H2,1-2H3/t14-/m0/s1. The molecule has 1 aromatic carbocycles. The number of morpholine rings is 1. The Morgan fingerprint density at radius 3 is 2.82 bits per heavy atom. The van der Waals surface area contributed by atoms with Crippen LogP contribution in [0.5, 0.6) is 0 Å². The molecule has 118 valence electrons. The molecule has 6 heteroatoms. The lowest BCUT2D eigenvalue weighted by Crippen LogP contribution is -2.42. The second-order valence-electron chi connectivity index (χ2n) is 5.80. The molecular formula is C16H20FN3O2. The predicted octanol–water partition coefficient (Wildman–Crippen LogP) is 2.58. The summed E-state index contributed by atoms with van der Waals surface area (Å²) in [6, 6.07) is 6.76. The Morgan fingerprint density at radius 2 is 2.09 bits per heavy atom. The molecule has 1 aromatic heterocycles. The van der Waals surface area contributed by atoms with E-state index in [0.29, 0.717) is 30.8 Å². The molecule has 0 unspecified atom stereocenters. The van der Waals surface area contributed by atoms with Gasteiger partial charge < -0.3 is 9.26 Å². The maximum Gasteiger partial charge on any atom is 0.231 e. The molecule has 0 spiro atoms. The summed E-state index contributed by atoms with van der Waals surface area (Å²) in [4.78, 5) is 6.76. The summed E-state index contributed by atoms with van der Waals surface area (Å²) in [7, 11) is 0. The molecule has 0 saturated carbocycles. The largest absolute Gasteiger partial charge is 0.367 e. The summed E-state index contributed by atoms with van der Waals surface area (Å²) < 4.78 is 23.9. The van der Waals surface area contributed by atoms with Crippen LogP contribution >= 0.6 is 0 Å². The number of aromatic nitrogens is 2. The number of nitrogens with zero attached hydrogens (tertiary/aromatic N) is 3. The van der Waals surface area contributed by atoms with Crippen LogP contribution in [0.3, 0.4) is 0 Å². The molecule has 2 heterocycles. The highest BCUT2D eigenvalue weighted by atomic mass is 19.1. The number of benzene rings is 1. The first kappa shape index (κ1) is 15.1. The van der Waals surface area contributed by atoms with Crippen molar-refractivity contribution in [1.29, 1.82) is 0 Å². The van der Waals surface area contributed by atoms with Gasteiger partial charge in [0, 0.05) is 19.1 Å². The van der Waals surface area contributed by atoms with Gasteiger partial charge in [0.25, 0.3) is 0 Å². The van der Waals surface area contributed by atoms with E-state index >= 15 is 0 Å². The number of hydrogen-bond acceptors (Lipinski definition) is 5. The second-order valence-corrected chi connectivity index (χ2v) is 5.80. The van der Waals surface area contributed by atoms with Crippen molar-refractivity contribution in [3.8, 4) is 0 Å². The topological polar surface area (TPSA) is 51.4 Å². The van der Waals surface area contributed by atoms with E-state index in [4.69, 9.17) is 9.26 Å². The summed E-state index contributed by atoms with van der Waals surface area (Å²) in [5, 5.41) is 4.04. The highest BCUT2D eigenvalue weighted by Gasteiger charge is 2.27. The number of hydrogen-bond donors (Lipinski definition) is 0. The van der Waals surface area contributed by atoms with Crippen molar-refractivity contribution < 1.29 is 13.7 Å². The highest BCUT2D eigenvalue weighted by molar-refractivity contribution is 5.19. The van der Waals surface area contributed by atoms with Crippen LogP contribution in [0.15, 0.2) is 28.8 Å². The van der Waals surface area contributed by atoms with Crippen molar-refractivity contribution in [2.45, 2.75) is 32.4 Å². The number of ether oxygens (including phenoxy) is 1. The van der Waals surface area contributed by atoms with E-state index in [0.717, 1.165) is 18.7 Å². The normalized spacial score (nSPS) is 19.7. The van der Waals surface area contributed by atoms with Gasteiger partial charge in [-0.25, -0.2) is 4.39 Å². The summed E-state index contributed by atoms with van der Waals surface area (Å²) in [6.07, 6.45) is 0.343. The van der Waals surface area contributed by atoms with Crippen molar-refractivity contribution in [3.63, 3.8) is 0 Å². The molecule has 5 nitrogen and oxygen atoms in total. The molecule has 0 bridgehead atoms. The molecule has 1 fully saturated rings. The molecular weight excluding hydrogens is 285 g/mol. The Bertz CT molecular complexity index is 612. The van der Waals surface area contributed by atoms with Gasteiger partial charge in [0.15, 0.2) is 0 Å². The van der Waals surface area contributed by atoms with E-state index < -0.39 is 0 Å². The van der Waals surface area contributed by atoms with Crippen LogP contribution in [-0.2, 0) is 11.2 Å². The Balaban J connectivity index is 1.66. The van der Waals surface area contributed by atoms with Crippen LogP contribution in [0.4, 0.5) is 4.39 Å². The minimum Gasteiger partial charge on any atom is -0.367 e. The van der Waals surface area contributed by atoms with Gasteiger partial charge >= 0.3 is 0 Å². The molecule has 0 amide bonds. The fraction of sp³-hybridized carbons (Fsp3) is 0.500. The zero-order valence-electron chi connectivity index (χ0n) is 12.8. The highest BCUT2D eigenvalue weighted by Crippen LogP contribution is 2.21. The van der Waals surface area contributed by atoms with E-state index in [-0.39, 0.29) is 11.9 Å². The van der Waals surface area contributed by atoms with E-state index in [1.807, 2.05) is 0 Å². The third-order valence-corrected chi connectivity index (χ3v) is 3.87. The van der Waals surface area contributed by atoms with Gasteiger partial charge in [-0.1, -0.05) is 17.3 Å². The smallest absolute Gasteiger partial charge is 0.231 e. The first-order chi connectivity index (χ1) is 10.6. The molecule has 3 rings (SSSR count). The lowest BCUT2D eigenvalue weighted by atomic mass is 10.1. The number of rotatable bonds is 4. The second kappa shape index (κ2) is 6.54. The van der Waals surface area contributed by atoms with Crippen LogP contribution in [0.25, 0.3) is 0 Å². The van der Waals surface area contributed by atoms with Crippen LogP contribution < -0.4 is 0 Å². The molecule has 0 aliphatic carbocycles. The van der Waals surface area contributed by atoms with E-state index in [2.05, 4.69) is 28.9 Å². The fourth-order valence-electron chi connectivity index (χ4n) is 2.54. The van der Waals surface area contributed by atoms with Gasteiger partial charge in [0.2, 0.25) is 11.7 Å². The third-order valence-electron chi connectivity index (χ3n) is 3.87. The first-order valence-corrected chi connectivity index (χ1v) is 7.54. The molecule has 1 aliphatic heterocycles. The van der Waals surface area contributed by atoms with Crippen molar-refractivity contribution in [1.82, 2.24) is 15.0 Å². The summed E-state index contributed by atoms with van der Waals surface area (Å²) in [6.45, 7) is 6.70. The molecule has 0 N–H and O–H groups in total. The predicted molar refractivity (Wildman–Crippen MR) is 78.9 cm³/mol. The Hall–Kier alpha value is -1.79. The Labute approximate surface area is 129 Å². The lowest BCUT2D eigenvalue weighted by Gasteiger charge is -2.34. The molecule has 22 heavy (non-hydrogen) atoms. The monoisotopic (exact) mass is 305 g/mol. The SMILES string of the molecule is CC(C)N1CCO[C@H](c2noc(Cc3ccc(F)cc3)n2)C1. The summed E-state index contributed by atoms with van der Waals surface area (Å²) >= 11 is 0. The van der Waals surface area contributed by atoms with Crippen LogP contribution in [0.2, 0.25) is 0 Å². The van der Waals surface area contributed by atoms with Gasteiger partial charge in [0.05, 0.1) is 13.0 Å². The average Bonchev–Trinajstić information content (AvgIpc) is 2.98. The van der Waals surface area contributed by atoms with Gasteiger partial charge in [-0.3, -0.25) is 4.90 Å². The molecule has 1 aliphatic rings. The van der Waals surface area contributed by atoms with Crippen molar-refractivity contribution in [2.75, 3.05) is 19.7 Å². The van der Waals surface area contributed by atoms with Gasteiger partial charge in [-0.15, -0.1) is 0 Å². The maximum atomic E-state index is 12.9. The lowest BCUT2D eigenvalue weighted by molar-refractivity contribution is -0.0450. The van der Waals surface area contributed by atoms with Crippen LogP contribution in [0, 0.1) is 5.82 Å². The minimum absolute atomic E-state index is 0.151. The van der Waals surface area contributed by atoms with E-state index in [1.165, 1.54) is 12.1 Å². The van der Waals surface area contributed by atoms with Crippen molar-refractivity contribution in [2.24, 2.45) is 0 Å². The number of halogens is 1. The van der Waals surface area contributed by atoms with Gasteiger partial charge in [-0.05, 0) is 31.5 Å². The van der Waals surface area contributed by atoms with Crippen LogP contribution in [-0.4, -0.2) is 40.8 Å². The van der Waals surface area contributed by atoms with Crippen LogP contribution in [0.1, 0.15) is 37.2 Å². The zero-order chi connectivity index (χ0) is 15.5. The summed E-state index contributed by atoms with van der Waals surface area (Å²) in [5.74, 6) is 0.855. The third kappa shape index (κ3) is 3.51. The molecule has 2 aromatic rings. The molecule has 1 atom stereocenters. The van der Waals surface area contributed by atoms with Gasteiger partial charge in [0.1, 0.15) is 11.9 Å². The van der Waals surface area contributed by atoms with E-state index in [1.54, 1.807) is 12.1 Å². The van der Waals surface area contributed by atoms with E-state index in [9.17, 15) is 4.39 Å².